The lowest BCUT2D eigenvalue weighted by Crippen LogP contribution is -2.44. The van der Waals surface area contributed by atoms with Crippen LogP contribution < -0.4 is 5.73 Å². The number of nitrogens with zero attached hydrogens (tertiary/aromatic N) is 2. The number of hydrogen-bond acceptors (Lipinski definition) is 4. The average molecular weight is 265 g/mol. The molecule has 106 valence electrons. The highest BCUT2D eigenvalue weighted by Gasteiger charge is 2.38. The Hall–Kier alpha value is -1.20. The largest absolute Gasteiger partial charge is 0.381 e. The highest BCUT2D eigenvalue weighted by molar-refractivity contribution is 5.86. The van der Waals surface area contributed by atoms with E-state index in [-0.39, 0.29) is 5.78 Å². The van der Waals surface area contributed by atoms with Crippen LogP contribution in [0.1, 0.15) is 38.4 Å². The van der Waals surface area contributed by atoms with E-state index in [0.29, 0.717) is 32.2 Å². The highest BCUT2D eigenvalue weighted by Crippen LogP contribution is 2.31. The van der Waals surface area contributed by atoms with E-state index in [4.69, 9.17) is 10.5 Å². The molecule has 1 aromatic rings. The Kier molecular flexibility index (Phi) is 4.37. The van der Waals surface area contributed by atoms with E-state index in [1.54, 1.807) is 0 Å². The first kappa shape index (κ1) is 14.2. The summed E-state index contributed by atoms with van der Waals surface area (Å²) in [5, 5.41) is 4.43. The third-order valence-corrected chi connectivity index (χ3v) is 3.97. The van der Waals surface area contributed by atoms with Crippen LogP contribution in [0.5, 0.6) is 0 Å². The van der Waals surface area contributed by atoms with Gasteiger partial charge in [0.15, 0.2) is 0 Å². The first-order valence-electron chi connectivity index (χ1n) is 6.92. The average Bonchev–Trinajstić information content (AvgIpc) is 2.88. The summed E-state index contributed by atoms with van der Waals surface area (Å²) in [6.07, 6.45) is 3.75. The molecule has 5 nitrogen and oxygen atoms in total. The molecular formula is C14H23N3O2. The summed E-state index contributed by atoms with van der Waals surface area (Å²) in [7, 11) is 0. The van der Waals surface area contributed by atoms with Crippen LogP contribution in [-0.4, -0.2) is 35.3 Å². The summed E-state index contributed by atoms with van der Waals surface area (Å²) in [6.45, 7) is 5.80. The second-order valence-electron chi connectivity index (χ2n) is 5.58. The fraction of sp³-hybridized carbons (Fsp3) is 0.714. The van der Waals surface area contributed by atoms with Crippen molar-refractivity contribution in [3.8, 4) is 0 Å². The molecule has 1 aromatic heterocycles. The van der Waals surface area contributed by atoms with E-state index < -0.39 is 5.41 Å². The zero-order valence-corrected chi connectivity index (χ0v) is 11.8. The van der Waals surface area contributed by atoms with Crippen LogP contribution in [0.2, 0.25) is 0 Å². The molecule has 0 atom stereocenters. The molecule has 5 heteroatoms. The summed E-state index contributed by atoms with van der Waals surface area (Å²) in [6, 6.07) is 2.23. The molecule has 0 unspecified atom stereocenters. The molecule has 1 aliphatic rings. The van der Waals surface area contributed by atoms with Gasteiger partial charge in [0.25, 0.3) is 0 Å². The minimum absolute atomic E-state index is 0.201. The van der Waals surface area contributed by atoms with Crippen molar-refractivity contribution in [3.63, 3.8) is 0 Å². The number of ketones is 1. The van der Waals surface area contributed by atoms with Gasteiger partial charge in [-0.15, -0.1) is 0 Å². The Balaban J connectivity index is 2.06. The molecule has 1 fully saturated rings. The molecule has 0 radical (unpaired) electrons. The molecule has 1 aliphatic heterocycles. The standard InChI is InChI=1S/C14H23N3O2/c1-11(2)17-6-3-12(16-17)9-13(18)14(10-15)4-7-19-8-5-14/h3,6,11H,4-5,7-10,15H2,1-2H3. The topological polar surface area (TPSA) is 70.1 Å². The number of nitrogens with two attached hydrogens (primary N) is 1. The SMILES string of the molecule is CC(C)n1ccc(CC(=O)C2(CN)CCOCC2)n1. The fourth-order valence-electron chi connectivity index (χ4n) is 2.47. The summed E-state index contributed by atoms with van der Waals surface area (Å²) in [5.41, 5.74) is 6.27. The fourth-order valence-corrected chi connectivity index (χ4v) is 2.47. The van der Waals surface area contributed by atoms with E-state index in [9.17, 15) is 4.79 Å². The summed E-state index contributed by atoms with van der Waals surface area (Å²) < 4.78 is 7.21. The van der Waals surface area contributed by atoms with Crippen LogP contribution >= 0.6 is 0 Å². The Morgan fingerprint density at radius 2 is 2.21 bits per heavy atom. The summed E-state index contributed by atoms with van der Waals surface area (Å²) in [5.74, 6) is 0.201. The minimum atomic E-state index is -0.403. The molecule has 2 heterocycles. The molecule has 0 amide bonds. The van der Waals surface area contributed by atoms with Crippen LogP contribution in [0, 0.1) is 5.41 Å². The second-order valence-corrected chi connectivity index (χ2v) is 5.58. The zero-order valence-electron chi connectivity index (χ0n) is 11.8. The Labute approximate surface area is 114 Å². The van der Waals surface area contributed by atoms with Crippen molar-refractivity contribution in [2.45, 2.75) is 39.2 Å². The lowest BCUT2D eigenvalue weighted by atomic mass is 9.75. The molecule has 1 saturated heterocycles. The van der Waals surface area contributed by atoms with Crippen molar-refractivity contribution >= 4 is 5.78 Å². The molecule has 2 rings (SSSR count). The molecule has 19 heavy (non-hydrogen) atoms. The van der Waals surface area contributed by atoms with Crippen LogP contribution in [-0.2, 0) is 16.0 Å². The molecule has 2 N–H and O–H groups in total. The number of aromatic nitrogens is 2. The molecule has 0 aliphatic carbocycles. The normalized spacial score (nSPS) is 18.7. The van der Waals surface area contributed by atoms with Gasteiger partial charge in [0.1, 0.15) is 5.78 Å². The molecule has 0 bridgehead atoms. The Bertz CT molecular complexity index is 434. The number of carbonyl (C=O) groups excluding carboxylic acids is 1. The maximum atomic E-state index is 12.5. The van der Waals surface area contributed by atoms with Crippen LogP contribution in [0.3, 0.4) is 0 Å². The van der Waals surface area contributed by atoms with Crippen molar-refractivity contribution in [2.24, 2.45) is 11.1 Å². The van der Waals surface area contributed by atoms with Gasteiger partial charge in [-0.25, -0.2) is 0 Å². The number of carbonyl (C=O) groups is 1. The van der Waals surface area contributed by atoms with Gasteiger partial charge in [-0.3, -0.25) is 9.48 Å². The number of ether oxygens (including phenoxy) is 1. The van der Waals surface area contributed by atoms with Gasteiger partial charge in [-0.05, 0) is 32.8 Å². The maximum Gasteiger partial charge on any atom is 0.146 e. The van der Waals surface area contributed by atoms with Gasteiger partial charge < -0.3 is 10.5 Å². The van der Waals surface area contributed by atoms with Gasteiger partial charge in [-0.2, -0.15) is 5.10 Å². The van der Waals surface area contributed by atoms with Crippen molar-refractivity contribution in [1.29, 1.82) is 0 Å². The smallest absolute Gasteiger partial charge is 0.146 e. The third-order valence-electron chi connectivity index (χ3n) is 3.97. The van der Waals surface area contributed by atoms with Crippen molar-refractivity contribution in [2.75, 3.05) is 19.8 Å². The quantitative estimate of drug-likeness (QED) is 0.872. The first-order chi connectivity index (χ1) is 9.07. The Morgan fingerprint density at radius 3 is 2.74 bits per heavy atom. The van der Waals surface area contributed by atoms with E-state index in [1.165, 1.54) is 0 Å². The van der Waals surface area contributed by atoms with E-state index >= 15 is 0 Å². The number of Topliss-reactive ketones (excluding diaryl/α,β-unsaturated/α-hetero) is 1. The molecule has 0 spiro atoms. The van der Waals surface area contributed by atoms with Gasteiger partial charge in [0.2, 0.25) is 0 Å². The Morgan fingerprint density at radius 1 is 1.53 bits per heavy atom. The van der Waals surface area contributed by atoms with Gasteiger partial charge in [-0.1, -0.05) is 0 Å². The number of hydrogen-bond donors (Lipinski definition) is 1. The molecule has 0 saturated carbocycles. The van der Waals surface area contributed by atoms with Crippen molar-refractivity contribution in [1.82, 2.24) is 9.78 Å². The lowest BCUT2D eigenvalue weighted by Gasteiger charge is -2.34. The highest BCUT2D eigenvalue weighted by atomic mass is 16.5. The predicted octanol–water partition coefficient (Wildman–Crippen LogP) is 1.33. The predicted molar refractivity (Wildman–Crippen MR) is 72.9 cm³/mol. The summed E-state index contributed by atoms with van der Waals surface area (Å²) >= 11 is 0. The zero-order chi connectivity index (χ0) is 13.9. The third kappa shape index (κ3) is 3.04. The van der Waals surface area contributed by atoms with E-state index in [2.05, 4.69) is 18.9 Å². The maximum absolute atomic E-state index is 12.5. The van der Waals surface area contributed by atoms with Gasteiger partial charge in [0, 0.05) is 37.4 Å². The number of rotatable bonds is 5. The van der Waals surface area contributed by atoms with E-state index in [0.717, 1.165) is 18.5 Å². The molecular weight excluding hydrogens is 242 g/mol. The van der Waals surface area contributed by atoms with Crippen molar-refractivity contribution in [3.05, 3.63) is 18.0 Å². The molecule has 0 aromatic carbocycles. The summed E-state index contributed by atoms with van der Waals surface area (Å²) in [4.78, 5) is 12.5. The van der Waals surface area contributed by atoms with Crippen LogP contribution in [0.4, 0.5) is 0 Å². The monoisotopic (exact) mass is 265 g/mol. The lowest BCUT2D eigenvalue weighted by molar-refractivity contribution is -0.132. The second kappa shape index (κ2) is 5.84. The van der Waals surface area contributed by atoms with E-state index in [1.807, 2.05) is 16.9 Å². The van der Waals surface area contributed by atoms with Crippen LogP contribution in [0.25, 0.3) is 0 Å². The van der Waals surface area contributed by atoms with Gasteiger partial charge >= 0.3 is 0 Å². The van der Waals surface area contributed by atoms with Gasteiger partial charge in [0.05, 0.1) is 12.1 Å². The van der Waals surface area contributed by atoms with Crippen molar-refractivity contribution < 1.29 is 9.53 Å². The minimum Gasteiger partial charge on any atom is -0.381 e. The van der Waals surface area contributed by atoms with Crippen LogP contribution in [0.15, 0.2) is 12.3 Å². The first-order valence-corrected chi connectivity index (χ1v) is 6.92.